The number of allylic oxidation sites excluding steroid dienone is 2. The maximum atomic E-state index is 9.41. The van der Waals surface area contributed by atoms with E-state index in [9.17, 15) is 10.2 Å². The summed E-state index contributed by atoms with van der Waals surface area (Å²) in [7, 11) is 0. The molecule has 0 fully saturated rings. The molecule has 0 aromatic rings. The predicted octanol–water partition coefficient (Wildman–Crippen LogP) is 0.799. The van der Waals surface area contributed by atoms with Gasteiger partial charge in [-0.15, -0.1) is 0 Å². The van der Waals surface area contributed by atoms with Crippen LogP contribution in [0.25, 0.3) is 0 Å². The number of aliphatic hydroxyl groups excluding tert-OH is 2. The minimum absolute atomic E-state index is 0.00134. The molecule has 19 heavy (non-hydrogen) atoms. The average molecular weight is 276 g/mol. The third-order valence-electron chi connectivity index (χ3n) is 1.83. The second kappa shape index (κ2) is 13.4. The van der Waals surface area contributed by atoms with Crippen molar-refractivity contribution in [3.63, 3.8) is 0 Å². The quantitative estimate of drug-likeness (QED) is 0.312. The molecule has 6 nitrogen and oxygen atoms in total. The SMILES string of the molecule is CC=COCC(O)COCOCC(O)COC=CC. The zero-order valence-corrected chi connectivity index (χ0v) is 11.5. The molecule has 0 spiro atoms. The number of aliphatic hydroxyl groups is 2. The minimum atomic E-state index is -0.706. The highest BCUT2D eigenvalue weighted by atomic mass is 16.7. The van der Waals surface area contributed by atoms with Crippen LogP contribution in [0.4, 0.5) is 0 Å². The van der Waals surface area contributed by atoms with Crippen molar-refractivity contribution in [2.24, 2.45) is 0 Å². The van der Waals surface area contributed by atoms with Gasteiger partial charge in [-0.2, -0.15) is 0 Å². The van der Waals surface area contributed by atoms with Crippen molar-refractivity contribution < 1.29 is 29.2 Å². The highest BCUT2D eigenvalue weighted by molar-refractivity contribution is 4.67. The summed E-state index contributed by atoms with van der Waals surface area (Å²) in [6.45, 7) is 4.21. The van der Waals surface area contributed by atoms with Gasteiger partial charge < -0.3 is 29.2 Å². The van der Waals surface area contributed by atoms with Gasteiger partial charge in [0.15, 0.2) is 0 Å². The van der Waals surface area contributed by atoms with Crippen LogP contribution in [-0.4, -0.2) is 55.6 Å². The van der Waals surface area contributed by atoms with Crippen LogP contribution in [0, 0.1) is 0 Å². The third-order valence-corrected chi connectivity index (χ3v) is 1.83. The van der Waals surface area contributed by atoms with Crippen LogP contribution in [0.3, 0.4) is 0 Å². The summed E-state index contributed by atoms with van der Waals surface area (Å²) >= 11 is 0. The molecule has 0 aliphatic carbocycles. The summed E-state index contributed by atoms with van der Waals surface area (Å²) in [6.07, 6.45) is 5.05. The fourth-order valence-corrected chi connectivity index (χ4v) is 1.05. The molecule has 0 aliphatic rings. The maximum absolute atomic E-state index is 9.41. The first-order valence-corrected chi connectivity index (χ1v) is 6.17. The second-order valence-electron chi connectivity index (χ2n) is 3.77. The van der Waals surface area contributed by atoms with E-state index >= 15 is 0 Å². The Kier molecular flexibility index (Phi) is 12.6. The van der Waals surface area contributed by atoms with Gasteiger partial charge in [0.25, 0.3) is 0 Å². The van der Waals surface area contributed by atoms with Gasteiger partial charge in [0.05, 0.1) is 25.7 Å². The van der Waals surface area contributed by atoms with Gasteiger partial charge in [-0.05, 0) is 13.8 Å². The van der Waals surface area contributed by atoms with Crippen molar-refractivity contribution in [2.45, 2.75) is 26.1 Å². The van der Waals surface area contributed by atoms with E-state index in [0.717, 1.165) is 0 Å². The second-order valence-corrected chi connectivity index (χ2v) is 3.77. The molecule has 0 saturated heterocycles. The predicted molar refractivity (Wildman–Crippen MR) is 70.3 cm³/mol. The Morgan fingerprint density at radius 1 is 0.789 bits per heavy atom. The van der Waals surface area contributed by atoms with E-state index in [1.807, 2.05) is 13.8 Å². The number of hydrogen-bond acceptors (Lipinski definition) is 6. The van der Waals surface area contributed by atoms with Crippen LogP contribution in [0.2, 0.25) is 0 Å². The lowest BCUT2D eigenvalue weighted by molar-refractivity contribution is -0.107. The molecule has 0 amide bonds. The standard InChI is InChI=1S/C13H24O6/c1-3-5-16-7-12(14)9-18-11-19-10-13(15)8-17-6-4-2/h3-6,12-15H,7-11H2,1-2H3. The summed E-state index contributed by atoms with van der Waals surface area (Å²) in [5.41, 5.74) is 0. The molecule has 2 unspecified atom stereocenters. The summed E-state index contributed by atoms with van der Waals surface area (Å²) < 4.78 is 20.1. The van der Waals surface area contributed by atoms with E-state index in [1.54, 1.807) is 12.2 Å². The molecule has 6 heteroatoms. The van der Waals surface area contributed by atoms with Crippen molar-refractivity contribution in [1.29, 1.82) is 0 Å². The normalized spacial score (nSPS) is 14.9. The minimum Gasteiger partial charge on any atom is -0.499 e. The Bertz CT molecular complexity index is 217. The number of hydrogen-bond donors (Lipinski definition) is 2. The number of rotatable bonds is 12. The van der Waals surface area contributed by atoms with E-state index in [4.69, 9.17) is 18.9 Å². The third kappa shape index (κ3) is 13.2. The highest BCUT2D eigenvalue weighted by Crippen LogP contribution is 1.92. The van der Waals surface area contributed by atoms with Gasteiger partial charge >= 0.3 is 0 Å². The van der Waals surface area contributed by atoms with Crippen LogP contribution < -0.4 is 0 Å². The molecular formula is C13H24O6. The fourth-order valence-electron chi connectivity index (χ4n) is 1.05. The van der Waals surface area contributed by atoms with E-state index < -0.39 is 12.2 Å². The zero-order chi connectivity index (χ0) is 14.3. The molecule has 112 valence electrons. The first-order valence-electron chi connectivity index (χ1n) is 6.17. The van der Waals surface area contributed by atoms with Crippen molar-refractivity contribution in [3.8, 4) is 0 Å². The van der Waals surface area contributed by atoms with Gasteiger partial charge in [0.2, 0.25) is 0 Å². The molecule has 0 aliphatic heterocycles. The van der Waals surface area contributed by atoms with Gasteiger partial charge in [-0.3, -0.25) is 0 Å². The molecule has 0 bridgehead atoms. The Hall–Kier alpha value is -1.08. The Labute approximate surface area is 114 Å². The smallest absolute Gasteiger partial charge is 0.146 e. The lowest BCUT2D eigenvalue weighted by Crippen LogP contribution is -2.24. The molecule has 2 atom stereocenters. The van der Waals surface area contributed by atoms with Crippen LogP contribution >= 0.6 is 0 Å². The Balaban J connectivity index is 3.33. The topological polar surface area (TPSA) is 77.4 Å². The monoisotopic (exact) mass is 276 g/mol. The molecule has 0 aromatic heterocycles. The van der Waals surface area contributed by atoms with Crippen LogP contribution in [0.1, 0.15) is 13.8 Å². The maximum Gasteiger partial charge on any atom is 0.146 e. The van der Waals surface area contributed by atoms with E-state index in [-0.39, 0.29) is 33.2 Å². The number of ether oxygens (including phenoxy) is 4. The van der Waals surface area contributed by atoms with Crippen LogP contribution in [0.5, 0.6) is 0 Å². The van der Waals surface area contributed by atoms with E-state index in [1.165, 1.54) is 12.5 Å². The van der Waals surface area contributed by atoms with Crippen LogP contribution in [-0.2, 0) is 18.9 Å². The summed E-state index contributed by atoms with van der Waals surface area (Å²) in [5.74, 6) is 0. The fraction of sp³-hybridized carbons (Fsp3) is 0.692. The zero-order valence-electron chi connectivity index (χ0n) is 11.5. The molecule has 0 heterocycles. The molecule has 0 saturated carbocycles. The summed E-state index contributed by atoms with van der Waals surface area (Å²) in [4.78, 5) is 0. The van der Waals surface area contributed by atoms with E-state index in [0.29, 0.717) is 0 Å². The summed E-state index contributed by atoms with van der Waals surface area (Å²) in [5, 5.41) is 18.8. The van der Waals surface area contributed by atoms with Crippen LogP contribution in [0.15, 0.2) is 24.7 Å². The molecule has 2 N–H and O–H groups in total. The first kappa shape index (κ1) is 17.9. The van der Waals surface area contributed by atoms with Gasteiger partial charge in [-0.25, -0.2) is 0 Å². The van der Waals surface area contributed by atoms with Gasteiger partial charge in [-0.1, -0.05) is 12.2 Å². The highest BCUT2D eigenvalue weighted by Gasteiger charge is 2.06. The molecular weight excluding hydrogens is 252 g/mol. The van der Waals surface area contributed by atoms with Gasteiger partial charge in [0, 0.05) is 0 Å². The lowest BCUT2D eigenvalue weighted by atomic mass is 10.4. The van der Waals surface area contributed by atoms with Gasteiger partial charge in [0.1, 0.15) is 32.2 Å². The summed E-state index contributed by atoms with van der Waals surface area (Å²) in [6, 6.07) is 0. The Morgan fingerprint density at radius 2 is 1.21 bits per heavy atom. The Morgan fingerprint density at radius 3 is 1.58 bits per heavy atom. The lowest BCUT2D eigenvalue weighted by Gasteiger charge is -2.13. The van der Waals surface area contributed by atoms with Crippen molar-refractivity contribution >= 4 is 0 Å². The molecule has 0 aromatic carbocycles. The van der Waals surface area contributed by atoms with Crippen molar-refractivity contribution in [1.82, 2.24) is 0 Å². The molecule has 0 radical (unpaired) electrons. The van der Waals surface area contributed by atoms with Crippen molar-refractivity contribution in [2.75, 3.05) is 33.2 Å². The first-order chi connectivity index (χ1) is 9.20. The van der Waals surface area contributed by atoms with Crippen molar-refractivity contribution in [3.05, 3.63) is 24.7 Å². The largest absolute Gasteiger partial charge is 0.499 e. The van der Waals surface area contributed by atoms with E-state index in [2.05, 4.69) is 0 Å². The average Bonchev–Trinajstić information content (AvgIpc) is 2.39. The molecule has 0 rings (SSSR count).